The summed E-state index contributed by atoms with van der Waals surface area (Å²) in [7, 11) is 0. The molecule has 2 rings (SSSR count). The molecule has 0 saturated heterocycles. The van der Waals surface area contributed by atoms with E-state index in [0.29, 0.717) is 5.69 Å². The smallest absolute Gasteiger partial charge is 0.155 e. The van der Waals surface area contributed by atoms with Crippen molar-refractivity contribution < 1.29 is 0 Å². The van der Waals surface area contributed by atoms with Crippen LogP contribution in [0.1, 0.15) is 10.6 Å². The number of hydrogen-bond acceptors (Lipinski definition) is 4. The fraction of sp³-hybridized carbons (Fsp3) is 0.100. The highest BCUT2D eigenvalue weighted by atomic mass is 32.1. The Bertz CT molecular complexity index is 482. The van der Waals surface area contributed by atoms with Gasteiger partial charge in [-0.1, -0.05) is 6.07 Å². The van der Waals surface area contributed by atoms with Gasteiger partial charge in [0.05, 0.1) is 5.69 Å². The number of thiazole rings is 1. The Morgan fingerprint density at radius 3 is 2.86 bits per heavy atom. The van der Waals surface area contributed by atoms with Gasteiger partial charge in [-0.25, -0.2) is 4.98 Å². The van der Waals surface area contributed by atoms with Gasteiger partial charge in [-0.2, -0.15) is 5.26 Å². The van der Waals surface area contributed by atoms with E-state index in [1.807, 2.05) is 25.1 Å². The number of aryl methyl sites for hydroxylation is 1. The molecule has 0 saturated carbocycles. The highest BCUT2D eigenvalue weighted by molar-refractivity contribution is 7.15. The van der Waals surface area contributed by atoms with E-state index in [9.17, 15) is 0 Å². The van der Waals surface area contributed by atoms with E-state index in [2.05, 4.69) is 16.0 Å². The number of nitrogens with zero attached hydrogens (tertiary/aromatic N) is 3. The topological polar surface area (TPSA) is 49.6 Å². The summed E-state index contributed by atoms with van der Waals surface area (Å²) in [6.07, 6.45) is 1.72. The molecule has 68 valence electrons. The molecule has 0 amide bonds. The van der Waals surface area contributed by atoms with Crippen LogP contribution in [0.15, 0.2) is 24.4 Å². The first-order valence-corrected chi connectivity index (χ1v) is 4.92. The highest BCUT2D eigenvalue weighted by Gasteiger charge is 2.08. The predicted octanol–water partition coefficient (Wildman–Crippen LogP) is 2.39. The Hall–Kier alpha value is -1.73. The molecule has 0 atom stereocenters. The minimum Gasteiger partial charge on any atom is -0.254 e. The summed E-state index contributed by atoms with van der Waals surface area (Å²) in [5.74, 6) is 0. The van der Waals surface area contributed by atoms with Gasteiger partial charge in [-0.15, -0.1) is 11.3 Å². The van der Waals surface area contributed by atoms with Crippen molar-refractivity contribution in [2.45, 2.75) is 6.92 Å². The van der Waals surface area contributed by atoms with Crippen molar-refractivity contribution in [3.63, 3.8) is 0 Å². The quantitative estimate of drug-likeness (QED) is 0.711. The van der Waals surface area contributed by atoms with Gasteiger partial charge < -0.3 is 0 Å². The third-order valence-corrected chi connectivity index (χ3v) is 2.78. The molecule has 0 bridgehead atoms. The van der Waals surface area contributed by atoms with Gasteiger partial charge in [-0.3, -0.25) is 4.98 Å². The normalized spacial score (nSPS) is 9.71. The van der Waals surface area contributed by atoms with E-state index in [1.165, 1.54) is 11.3 Å². The number of rotatable bonds is 1. The summed E-state index contributed by atoms with van der Waals surface area (Å²) in [6.45, 7) is 1.89. The summed E-state index contributed by atoms with van der Waals surface area (Å²) in [5, 5.41) is 9.56. The minimum atomic E-state index is 0.496. The van der Waals surface area contributed by atoms with Gasteiger partial charge in [0.15, 0.2) is 5.69 Å². The molecule has 4 heteroatoms. The van der Waals surface area contributed by atoms with Gasteiger partial charge in [0.25, 0.3) is 0 Å². The fourth-order valence-corrected chi connectivity index (χ4v) is 1.94. The van der Waals surface area contributed by atoms with Gasteiger partial charge in [-0.05, 0) is 19.1 Å². The lowest BCUT2D eigenvalue weighted by atomic mass is 10.3. The third-order valence-electron chi connectivity index (χ3n) is 1.79. The van der Waals surface area contributed by atoms with E-state index < -0.39 is 0 Å². The minimum absolute atomic E-state index is 0.496. The Morgan fingerprint density at radius 2 is 2.29 bits per heavy atom. The predicted molar refractivity (Wildman–Crippen MR) is 54.8 cm³/mol. The summed E-state index contributed by atoms with van der Waals surface area (Å²) >= 11 is 1.50. The van der Waals surface area contributed by atoms with Crippen LogP contribution in [-0.2, 0) is 0 Å². The first kappa shape index (κ1) is 8.85. The molecule has 2 aromatic rings. The van der Waals surface area contributed by atoms with E-state index in [4.69, 9.17) is 5.26 Å². The number of hydrogen-bond donors (Lipinski definition) is 0. The largest absolute Gasteiger partial charge is 0.254 e. The monoisotopic (exact) mass is 201 g/mol. The maximum atomic E-state index is 8.75. The lowest BCUT2D eigenvalue weighted by Crippen LogP contribution is -1.81. The Labute approximate surface area is 85.7 Å². The summed E-state index contributed by atoms with van der Waals surface area (Å²) < 4.78 is 0. The maximum absolute atomic E-state index is 8.75. The van der Waals surface area contributed by atoms with Crippen molar-refractivity contribution in [1.29, 1.82) is 5.26 Å². The molecular formula is C10H7N3S. The molecule has 3 nitrogen and oxygen atoms in total. The van der Waals surface area contributed by atoms with Crippen molar-refractivity contribution in [2.75, 3.05) is 0 Å². The fourth-order valence-electron chi connectivity index (χ4n) is 1.10. The van der Waals surface area contributed by atoms with Crippen molar-refractivity contribution in [3.8, 4) is 16.8 Å². The maximum Gasteiger partial charge on any atom is 0.155 e. The molecule has 0 radical (unpaired) electrons. The second-order valence-electron chi connectivity index (χ2n) is 2.75. The highest BCUT2D eigenvalue weighted by Crippen LogP contribution is 2.25. The van der Waals surface area contributed by atoms with Crippen LogP contribution in [0.3, 0.4) is 0 Å². The molecule has 0 aliphatic carbocycles. The molecule has 0 aliphatic heterocycles. The SMILES string of the molecule is Cc1sc(-c2ccccn2)nc1C#N. The molecule has 14 heavy (non-hydrogen) atoms. The van der Waals surface area contributed by atoms with E-state index >= 15 is 0 Å². The second-order valence-corrected chi connectivity index (χ2v) is 3.95. The summed E-state index contributed by atoms with van der Waals surface area (Å²) in [5.41, 5.74) is 1.32. The van der Waals surface area contributed by atoms with Crippen LogP contribution in [0.4, 0.5) is 0 Å². The van der Waals surface area contributed by atoms with Gasteiger partial charge in [0, 0.05) is 11.1 Å². The van der Waals surface area contributed by atoms with Crippen LogP contribution < -0.4 is 0 Å². The zero-order chi connectivity index (χ0) is 9.97. The van der Waals surface area contributed by atoms with Crippen molar-refractivity contribution >= 4 is 11.3 Å². The molecule has 0 spiro atoms. The lowest BCUT2D eigenvalue weighted by Gasteiger charge is -1.91. The van der Waals surface area contributed by atoms with Crippen LogP contribution in [0.25, 0.3) is 10.7 Å². The van der Waals surface area contributed by atoms with Crippen LogP contribution in [0, 0.1) is 18.3 Å². The molecule has 0 unspecified atom stereocenters. The molecule has 0 fully saturated rings. The molecule has 2 heterocycles. The zero-order valence-corrected chi connectivity index (χ0v) is 8.38. The number of nitriles is 1. The molecule has 0 N–H and O–H groups in total. The van der Waals surface area contributed by atoms with Gasteiger partial charge >= 0.3 is 0 Å². The van der Waals surface area contributed by atoms with Gasteiger partial charge in [0.2, 0.25) is 0 Å². The summed E-state index contributed by atoms with van der Waals surface area (Å²) in [4.78, 5) is 9.31. The molecule has 2 aromatic heterocycles. The van der Waals surface area contributed by atoms with Crippen LogP contribution in [-0.4, -0.2) is 9.97 Å². The molecular weight excluding hydrogens is 194 g/mol. The van der Waals surface area contributed by atoms with Crippen LogP contribution >= 0.6 is 11.3 Å². The van der Waals surface area contributed by atoms with Crippen molar-refractivity contribution in [2.24, 2.45) is 0 Å². The first-order chi connectivity index (χ1) is 6.81. The second kappa shape index (κ2) is 3.56. The van der Waals surface area contributed by atoms with Crippen molar-refractivity contribution in [3.05, 3.63) is 35.0 Å². The van der Waals surface area contributed by atoms with E-state index in [-0.39, 0.29) is 0 Å². The average molecular weight is 201 g/mol. The van der Waals surface area contributed by atoms with Crippen molar-refractivity contribution in [1.82, 2.24) is 9.97 Å². The Morgan fingerprint density at radius 1 is 1.43 bits per heavy atom. The average Bonchev–Trinajstić information content (AvgIpc) is 2.61. The van der Waals surface area contributed by atoms with Crippen LogP contribution in [0.5, 0.6) is 0 Å². The summed E-state index contributed by atoms with van der Waals surface area (Å²) in [6, 6.07) is 7.71. The third kappa shape index (κ3) is 1.50. The molecule has 0 aliphatic rings. The van der Waals surface area contributed by atoms with Gasteiger partial charge in [0.1, 0.15) is 11.1 Å². The van der Waals surface area contributed by atoms with Crippen LogP contribution in [0.2, 0.25) is 0 Å². The van der Waals surface area contributed by atoms with E-state index in [1.54, 1.807) is 6.20 Å². The zero-order valence-electron chi connectivity index (χ0n) is 7.56. The Kier molecular flexibility index (Phi) is 2.25. The van der Waals surface area contributed by atoms with E-state index in [0.717, 1.165) is 15.6 Å². The first-order valence-electron chi connectivity index (χ1n) is 4.10. The Balaban J connectivity index is 2.50. The number of aromatic nitrogens is 2. The lowest BCUT2D eigenvalue weighted by molar-refractivity contribution is 1.26. The standard InChI is InChI=1S/C10H7N3S/c1-7-9(6-11)13-10(14-7)8-4-2-3-5-12-8/h2-5H,1H3. The number of pyridine rings is 1. The molecule has 0 aromatic carbocycles.